The maximum Gasteiger partial charge on any atom is 0.340 e. The van der Waals surface area contributed by atoms with E-state index in [9.17, 15) is 4.79 Å². The Morgan fingerprint density at radius 2 is 2.11 bits per heavy atom. The Morgan fingerprint density at radius 1 is 1.42 bits per heavy atom. The molecule has 0 bridgehead atoms. The zero-order chi connectivity index (χ0) is 13.8. The first-order chi connectivity index (χ1) is 9.15. The Bertz CT molecular complexity index is 456. The van der Waals surface area contributed by atoms with Gasteiger partial charge in [-0.3, -0.25) is 4.90 Å². The van der Waals surface area contributed by atoms with Gasteiger partial charge in [0.25, 0.3) is 0 Å². The van der Waals surface area contributed by atoms with E-state index in [-0.39, 0.29) is 12.0 Å². The summed E-state index contributed by atoms with van der Waals surface area (Å²) in [5.41, 5.74) is 7.77. The van der Waals surface area contributed by atoms with Gasteiger partial charge in [-0.1, -0.05) is 12.1 Å². The quantitative estimate of drug-likeness (QED) is 0.661. The summed E-state index contributed by atoms with van der Waals surface area (Å²) in [7, 11) is 1.37. The second-order valence-electron chi connectivity index (χ2n) is 4.63. The molecule has 1 aromatic carbocycles. The average Bonchev–Trinajstić information content (AvgIpc) is 2.46. The first-order valence-electron chi connectivity index (χ1n) is 6.43. The number of esters is 1. The minimum atomic E-state index is -0.381. The van der Waals surface area contributed by atoms with Crippen LogP contribution in [0.4, 0.5) is 5.69 Å². The molecule has 1 atom stereocenters. The van der Waals surface area contributed by atoms with Gasteiger partial charge < -0.3 is 15.2 Å². The summed E-state index contributed by atoms with van der Waals surface area (Å²) in [6.07, 6.45) is 0. The fourth-order valence-corrected chi connectivity index (χ4v) is 2.44. The van der Waals surface area contributed by atoms with Crippen molar-refractivity contribution in [3.05, 3.63) is 29.3 Å². The number of nitrogen functional groups attached to an aromatic ring is 1. The van der Waals surface area contributed by atoms with Gasteiger partial charge in [0.15, 0.2) is 0 Å². The van der Waals surface area contributed by atoms with Gasteiger partial charge in [0, 0.05) is 24.8 Å². The van der Waals surface area contributed by atoms with E-state index in [0.717, 1.165) is 31.9 Å². The molecule has 2 N–H and O–H groups in total. The molecule has 1 saturated heterocycles. The van der Waals surface area contributed by atoms with Gasteiger partial charge in [-0.05, 0) is 18.6 Å². The van der Waals surface area contributed by atoms with E-state index in [1.807, 2.05) is 12.1 Å². The average molecular weight is 264 g/mol. The van der Waals surface area contributed by atoms with Crippen LogP contribution in [0.25, 0.3) is 0 Å². The zero-order valence-electron chi connectivity index (χ0n) is 11.4. The second-order valence-corrected chi connectivity index (χ2v) is 4.63. The molecule has 1 unspecified atom stereocenters. The number of anilines is 1. The van der Waals surface area contributed by atoms with E-state index in [1.165, 1.54) is 7.11 Å². The first kappa shape index (κ1) is 13.8. The maximum atomic E-state index is 11.9. The van der Waals surface area contributed by atoms with E-state index < -0.39 is 0 Å². The number of methoxy groups -OCH3 is 1. The number of nitrogens with two attached hydrogens (primary N) is 1. The SMILES string of the molecule is COC(=O)c1c(N)cccc1C(C)N1CCOCC1. The molecule has 5 nitrogen and oxygen atoms in total. The summed E-state index contributed by atoms with van der Waals surface area (Å²) in [4.78, 5) is 14.2. The van der Waals surface area contributed by atoms with Crippen LogP contribution in [-0.4, -0.2) is 44.3 Å². The van der Waals surface area contributed by atoms with E-state index in [1.54, 1.807) is 6.07 Å². The molecule has 2 rings (SSSR count). The number of morpholine rings is 1. The summed E-state index contributed by atoms with van der Waals surface area (Å²) in [6, 6.07) is 5.64. The third-order valence-corrected chi connectivity index (χ3v) is 3.56. The van der Waals surface area contributed by atoms with Gasteiger partial charge in [0.2, 0.25) is 0 Å². The molecule has 5 heteroatoms. The summed E-state index contributed by atoms with van der Waals surface area (Å²) in [5, 5.41) is 0. The molecule has 0 spiro atoms. The van der Waals surface area contributed by atoms with Crippen molar-refractivity contribution in [3.63, 3.8) is 0 Å². The van der Waals surface area contributed by atoms with Crippen LogP contribution in [0, 0.1) is 0 Å². The fraction of sp³-hybridized carbons (Fsp3) is 0.500. The van der Waals surface area contributed by atoms with E-state index in [2.05, 4.69) is 11.8 Å². The number of carbonyl (C=O) groups excluding carboxylic acids is 1. The topological polar surface area (TPSA) is 64.8 Å². The van der Waals surface area contributed by atoms with Gasteiger partial charge in [-0.2, -0.15) is 0 Å². The highest BCUT2D eigenvalue weighted by Gasteiger charge is 2.24. The number of hydrogen-bond donors (Lipinski definition) is 1. The van der Waals surface area contributed by atoms with Gasteiger partial charge in [0.1, 0.15) is 0 Å². The predicted molar refractivity (Wildman–Crippen MR) is 73.0 cm³/mol. The van der Waals surface area contributed by atoms with E-state index in [0.29, 0.717) is 11.3 Å². The van der Waals surface area contributed by atoms with Crippen LogP contribution in [0.2, 0.25) is 0 Å². The molecule has 1 aromatic rings. The van der Waals surface area contributed by atoms with Gasteiger partial charge in [-0.25, -0.2) is 4.79 Å². The molecule has 104 valence electrons. The van der Waals surface area contributed by atoms with Crippen molar-refractivity contribution >= 4 is 11.7 Å². The van der Waals surface area contributed by atoms with Crippen LogP contribution in [0.3, 0.4) is 0 Å². The predicted octanol–water partition coefficient (Wildman–Crippen LogP) is 1.45. The summed E-state index contributed by atoms with van der Waals surface area (Å²) < 4.78 is 10.2. The van der Waals surface area contributed by atoms with Crippen LogP contribution >= 0.6 is 0 Å². The van der Waals surface area contributed by atoms with Crippen molar-refractivity contribution in [3.8, 4) is 0 Å². The van der Waals surface area contributed by atoms with Gasteiger partial charge >= 0.3 is 5.97 Å². The van der Waals surface area contributed by atoms with Crippen molar-refractivity contribution in [2.75, 3.05) is 39.1 Å². The van der Waals surface area contributed by atoms with Crippen molar-refractivity contribution in [1.29, 1.82) is 0 Å². The molecule has 19 heavy (non-hydrogen) atoms. The summed E-state index contributed by atoms with van der Waals surface area (Å²) in [6.45, 7) is 5.24. The van der Waals surface area contributed by atoms with Crippen LogP contribution in [-0.2, 0) is 9.47 Å². The minimum absolute atomic E-state index is 0.112. The molecule has 1 aliphatic rings. The van der Waals surface area contributed by atoms with E-state index in [4.69, 9.17) is 15.2 Å². The van der Waals surface area contributed by atoms with Crippen molar-refractivity contribution < 1.29 is 14.3 Å². The minimum Gasteiger partial charge on any atom is -0.465 e. The lowest BCUT2D eigenvalue weighted by molar-refractivity contribution is 0.0195. The number of benzene rings is 1. The normalized spacial score (nSPS) is 18.0. The molecule has 1 fully saturated rings. The fourth-order valence-electron chi connectivity index (χ4n) is 2.44. The molecule has 0 saturated carbocycles. The Hall–Kier alpha value is -1.59. The second kappa shape index (κ2) is 6.04. The Labute approximate surface area is 113 Å². The van der Waals surface area contributed by atoms with Crippen LogP contribution < -0.4 is 5.73 Å². The lowest BCUT2D eigenvalue weighted by atomic mass is 9.98. The summed E-state index contributed by atoms with van der Waals surface area (Å²) >= 11 is 0. The largest absolute Gasteiger partial charge is 0.465 e. The number of carbonyl (C=O) groups is 1. The summed E-state index contributed by atoms with van der Waals surface area (Å²) in [5.74, 6) is -0.381. The highest BCUT2D eigenvalue weighted by molar-refractivity contribution is 5.96. The standard InChI is InChI=1S/C14H20N2O3/c1-10(16-6-8-19-9-7-16)11-4-3-5-12(15)13(11)14(17)18-2/h3-5,10H,6-9,15H2,1-2H3. The Balaban J connectivity index is 2.32. The van der Waals surface area contributed by atoms with Crippen molar-refractivity contribution in [2.24, 2.45) is 0 Å². The Morgan fingerprint density at radius 3 is 2.74 bits per heavy atom. The van der Waals surface area contributed by atoms with Crippen LogP contribution in [0.5, 0.6) is 0 Å². The lowest BCUT2D eigenvalue weighted by Gasteiger charge is -2.33. The highest BCUT2D eigenvalue weighted by Crippen LogP contribution is 2.28. The third-order valence-electron chi connectivity index (χ3n) is 3.56. The van der Waals surface area contributed by atoms with Gasteiger partial charge in [0.05, 0.1) is 25.9 Å². The monoisotopic (exact) mass is 264 g/mol. The molecular weight excluding hydrogens is 244 g/mol. The zero-order valence-corrected chi connectivity index (χ0v) is 11.4. The number of hydrogen-bond acceptors (Lipinski definition) is 5. The first-order valence-corrected chi connectivity index (χ1v) is 6.43. The lowest BCUT2D eigenvalue weighted by Crippen LogP contribution is -2.38. The Kier molecular flexibility index (Phi) is 4.39. The number of ether oxygens (including phenoxy) is 2. The molecule has 1 heterocycles. The van der Waals surface area contributed by atoms with E-state index >= 15 is 0 Å². The number of nitrogens with zero attached hydrogens (tertiary/aromatic N) is 1. The molecule has 0 radical (unpaired) electrons. The smallest absolute Gasteiger partial charge is 0.340 e. The van der Waals surface area contributed by atoms with Crippen LogP contribution in [0.1, 0.15) is 28.9 Å². The molecular formula is C14H20N2O3. The maximum absolute atomic E-state index is 11.9. The molecule has 0 amide bonds. The van der Waals surface area contributed by atoms with Crippen molar-refractivity contribution in [1.82, 2.24) is 4.90 Å². The van der Waals surface area contributed by atoms with Gasteiger partial charge in [-0.15, -0.1) is 0 Å². The molecule has 0 aliphatic carbocycles. The highest BCUT2D eigenvalue weighted by atomic mass is 16.5. The molecule has 0 aromatic heterocycles. The van der Waals surface area contributed by atoms with Crippen LogP contribution in [0.15, 0.2) is 18.2 Å². The number of rotatable bonds is 3. The molecule has 1 aliphatic heterocycles. The third kappa shape index (κ3) is 2.88. The van der Waals surface area contributed by atoms with Crippen molar-refractivity contribution in [2.45, 2.75) is 13.0 Å².